The molecule has 1 radical (unpaired) electrons. The molecule has 1 saturated carbocycles. The number of rotatable bonds is 4. The molecule has 1 saturated heterocycles. The van der Waals surface area contributed by atoms with Gasteiger partial charge in [0.25, 0.3) is 0 Å². The molecule has 0 amide bonds. The predicted octanol–water partition coefficient (Wildman–Crippen LogP) is 3.01. The van der Waals surface area contributed by atoms with Crippen molar-refractivity contribution in [2.24, 2.45) is 11.8 Å². The van der Waals surface area contributed by atoms with Crippen LogP contribution in [0.25, 0.3) is 0 Å². The first-order chi connectivity index (χ1) is 9.78. The van der Waals surface area contributed by atoms with Crippen molar-refractivity contribution in [3.63, 3.8) is 0 Å². The smallest absolute Gasteiger partial charge is 0.212 e. The van der Waals surface area contributed by atoms with E-state index in [9.17, 15) is 0 Å². The SMILES string of the molecule is C[B]C#CCOC1CCN(CC2CCC(C)CC2)CC1. The van der Waals surface area contributed by atoms with E-state index in [0.717, 1.165) is 11.8 Å². The zero-order valence-electron chi connectivity index (χ0n) is 13.2. The first-order valence-electron chi connectivity index (χ1n) is 8.38. The maximum absolute atomic E-state index is 5.82. The Morgan fingerprint density at radius 3 is 2.45 bits per heavy atom. The lowest BCUT2D eigenvalue weighted by molar-refractivity contribution is 0.0188. The molecule has 2 fully saturated rings. The predicted molar refractivity (Wildman–Crippen MR) is 85.9 cm³/mol. The van der Waals surface area contributed by atoms with Gasteiger partial charge >= 0.3 is 0 Å². The van der Waals surface area contributed by atoms with Gasteiger partial charge in [0.15, 0.2) is 0 Å². The highest BCUT2D eigenvalue weighted by atomic mass is 16.5. The molecule has 111 valence electrons. The van der Waals surface area contributed by atoms with Gasteiger partial charge in [0.05, 0.1) is 6.10 Å². The van der Waals surface area contributed by atoms with E-state index < -0.39 is 0 Å². The van der Waals surface area contributed by atoms with Crippen molar-refractivity contribution in [1.82, 2.24) is 4.90 Å². The first kappa shape index (κ1) is 15.9. The van der Waals surface area contributed by atoms with E-state index >= 15 is 0 Å². The Hall–Kier alpha value is -0.455. The van der Waals surface area contributed by atoms with Crippen LogP contribution in [0.1, 0.15) is 45.4 Å². The third-order valence-electron chi connectivity index (χ3n) is 4.82. The van der Waals surface area contributed by atoms with Crippen LogP contribution in [-0.2, 0) is 4.74 Å². The van der Waals surface area contributed by atoms with E-state index in [2.05, 4.69) is 23.6 Å². The minimum atomic E-state index is 0.434. The number of ether oxygens (including phenoxy) is 1. The molecule has 0 bridgehead atoms. The summed E-state index contributed by atoms with van der Waals surface area (Å²) in [6.07, 6.45) is 8.57. The third kappa shape index (κ3) is 5.50. The third-order valence-corrected chi connectivity index (χ3v) is 4.82. The average molecular weight is 274 g/mol. The van der Waals surface area contributed by atoms with E-state index in [1.807, 2.05) is 14.1 Å². The molecular formula is C17H29BNO. The highest BCUT2D eigenvalue weighted by Gasteiger charge is 2.24. The fraction of sp³-hybridized carbons (Fsp3) is 0.882. The van der Waals surface area contributed by atoms with Gasteiger partial charge in [-0.3, -0.25) is 0 Å². The van der Waals surface area contributed by atoms with Crippen LogP contribution in [0.5, 0.6) is 0 Å². The highest BCUT2D eigenvalue weighted by molar-refractivity contribution is 6.44. The molecular weight excluding hydrogens is 245 g/mol. The van der Waals surface area contributed by atoms with Crippen molar-refractivity contribution < 1.29 is 4.74 Å². The Morgan fingerprint density at radius 1 is 1.10 bits per heavy atom. The van der Waals surface area contributed by atoms with Gasteiger partial charge in [0, 0.05) is 19.6 Å². The molecule has 0 unspecified atom stereocenters. The number of nitrogens with zero attached hydrogens (tertiary/aromatic N) is 1. The zero-order valence-corrected chi connectivity index (χ0v) is 13.2. The molecule has 0 aromatic heterocycles. The first-order valence-corrected chi connectivity index (χ1v) is 8.38. The summed E-state index contributed by atoms with van der Waals surface area (Å²) in [5.74, 6) is 7.88. The van der Waals surface area contributed by atoms with Crippen LogP contribution in [0.2, 0.25) is 6.82 Å². The fourth-order valence-corrected chi connectivity index (χ4v) is 3.44. The lowest BCUT2D eigenvalue weighted by Gasteiger charge is -2.36. The second-order valence-electron chi connectivity index (χ2n) is 6.55. The summed E-state index contributed by atoms with van der Waals surface area (Å²) in [5, 5.41) is 0. The molecule has 1 aliphatic carbocycles. The van der Waals surface area contributed by atoms with Gasteiger partial charge in [-0.1, -0.05) is 32.5 Å². The lowest BCUT2D eigenvalue weighted by Crippen LogP contribution is -2.40. The Labute approximate surface area is 125 Å². The van der Waals surface area contributed by atoms with Gasteiger partial charge in [-0.05, 0) is 37.5 Å². The van der Waals surface area contributed by atoms with Crippen LogP contribution in [0.3, 0.4) is 0 Å². The summed E-state index contributed by atoms with van der Waals surface area (Å²) in [6.45, 7) is 8.70. The van der Waals surface area contributed by atoms with Crippen LogP contribution in [0, 0.1) is 23.6 Å². The van der Waals surface area contributed by atoms with Gasteiger partial charge in [-0.15, -0.1) is 0 Å². The Balaban J connectivity index is 1.59. The Bertz CT molecular complexity index is 320. The summed E-state index contributed by atoms with van der Waals surface area (Å²) < 4.78 is 5.82. The van der Waals surface area contributed by atoms with Gasteiger partial charge in [-0.2, -0.15) is 5.82 Å². The molecule has 2 rings (SSSR count). The van der Waals surface area contributed by atoms with Gasteiger partial charge in [-0.25, -0.2) is 0 Å². The van der Waals surface area contributed by atoms with Crippen molar-refractivity contribution in [2.45, 2.75) is 58.4 Å². The minimum absolute atomic E-state index is 0.434. The number of piperidine rings is 1. The summed E-state index contributed by atoms with van der Waals surface area (Å²) in [4.78, 5) is 2.66. The van der Waals surface area contributed by atoms with Crippen molar-refractivity contribution >= 4 is 7.28 Å². The number of hydrogen-bond donors (Lipinski definition) is 0. The average Bonchev–Trinajstić information content (AvgIpc) is 2.48. The number of hydrogen-bond acceptors (Lipinski definition) is 2. The minimum Gasteiger partial charge on any atom is -0.365 e. The molecule has 0 atom stereocenters. The van der Waals surface area contributed by atoms with E-state index in [1.54, 1.807) is 0 Å². The number of likely N-dealkylation sites (tertiary alicyclic amines) is 1. The van der Waals surface area contributed by atoms with E-state index in [1.165, 1.54) is 58.2 Å². The molecule has 0 N–H and O–H groups in total. The van der Waals surface area contributed by atoms with Crippen LogP contribution in [0.4, 0.5) is 0 Å². The Kier molecular flexibility index (Phi) is 6.97. The fourth-order valence-electron chi connectivity index (χ4n) is 3.44. The largest absolute Gasteiger partial charge is 0.365 e. The highest BCUT2D eigenvalue weighted by Crippen LogP contribution is 2.29. The van der Waals surface area contributed by atoms with E-state index in [0.29, 0.717) is 12.7 Å². The topological polar surface area (TPSA) is 12.5 Å². The standard InChI is InChI=1S/C17H29BNO/c1-15-4-6-16(7-5-15)14-19-11-8-17(9-12-19)20-13-3-10-18-2/h15-17H,4-9,11-14H2,1-2H3. The second kappa shape index (κ2) is 8.75. The van der Waals surface area contributed by atoms with Crippen molar-refractivity contribution in [3.8, 4) is 11.7 Å². The van der Waals surface area contributed by atoms with Crippen LogP contribution in [-0.4, -0.2) is 44.5 Å². The molecule has 1 aliphatic heterocycles. The van der Waals surface area contributed by atoms with Gasteiger partial charge in [0.1, 0.15) is 6.61 Å². The molecule has 2 nitrogen and oxygen atoms in total. The van der Waals surface area contributed by atoms with Crippen LogP contribution >= 0.6 is 0 Å². The van der Waals surface area contributed by atoms with E-state index in [4.69, 9.17) is 4.74 Å². The summed E-state index contributed by atoms with van der Waals surface area (Å²) in [5.41, 5.74) is 0. The molecule has 20 heavy (non-hydrogen) atoms. The van der Waals surface area contributed by atoms with Crippen molar-refractivity contribution in [3.05, 3.63) is 0 Å². The molecule has 3 heteroatoms. The quantitative estimate of drug-likeness (QED) is 0.577. The second-order valence-corrected chi connectivity index (χ2v) is 6.55. The molecule has 0 spiro atoms. The van der Waals surface area contributed by atoms with E-state index in [-0.39, 0.29) is 0 Å². The zero-order chi connectivity index (χ0) is 14.2. The van der Waals surface area contributed by atoms with Gasteiger partial charge in [0.2, 0.25) is 7.28 Å². The van der Waals surface area contributed by atoms with Crippen molar-refractivity contribution in [2.75, 3.05) is 26.2 Å². The Morgan fingerprint density at radius 2 is 1.80 bits per heavy atom. The lowest BCUT2D eigenvalue weighted by atomic mass is 9.82. The van der Waals surface area contributed by atoms with Crippen LogP contribution < -0.4 is 0 Å². The summed E-state index contributed by atoms with van der Waals surface area (Å²) in [7, 11) is 1.87. The molecule has 0 aromatic carbocycles. The normalized spacial score (nSPS) is 28.7. The monoisotopic (exact) mass is 274 g/mol. The van der Waals surface area contributed by atoms with Crippen LogP contribution in [0.15, 0.2) is 0 Å². The maximum Gasteiger partial charge on any atom is 0.212 e. The molecule has 2 aliphatic rings. The summed E-state index contributed by atoms with van der Waals surface area (Å²) >= 11 is 0. The maximum atomic E-state index is 5.82. The molecule has 0 aromatic rings. The molecule has 1 heterocycles. The summed E-state index contributed by atoms with van der Waals surface area (Å²) in [6, 6.07) is 0. The van der Waals surface area contributed by atoms with Crippen molar-refractivity contribution in [1.29, 1.82) is 0 Å². The van der Waals surface area contributed by atoms with Gasteiger partial charge < -0.3 is 9.64 Å².